The Labute approximate surface area is 121 Å². The molecule has 19 heavy (non-hydrogen) atoms. The SMILES string of the molecule is CCNCc1cccc(Cl)c1N(CC)CC(C)(C)O. The maximum absolute atomic E-state index is 10.0. The number of para-hydroxylation sites is 1. The second-order valence-electron chi connectivity index (χ2n) is 5.35. The van der Waals surface area contributed by atoms with Gasteiger partial charge in [0, 0.05) is 19.6 Å². The lowest BCUT2D eigenvalue weighted by Crippen LogP contribution is -2.39. The molecule has 0 aromatic heterocycles. The third-order valence-electron chi connectivity index (χ3n) is 2.91. The molecule has 0 aliphatic rings. The van der Waals surface area contributed by atoms with Crippen molar-refractivity contribution in [3.8, 4) is 0 Å². The Morgan fingerprint density at radius 1 is 1.32 bits per heavy atom. The average Bonchev–Trinajstić information content (AvgIpc) is 2.32. The fourth-order valence-corrected chi connectivity index (χ4v) is 2.45. The van der Waals surface area contributed by atoms with Gasteiger partial charge in [-0.15, -0.1) is 0 Å². The van der Waals surface area contributed by atoms with Crippen LogP contribution in [0.15, 0.2) is 18.2 Å². The first-order chi connectivity index (χ1) is 8.89. The molecule has 0 fully saturated rings. The fraction of sp³-hybridized carbons (Fsp3) is 0.600. The van der Waals surface area contributed by atoms with Crippen LogP contribution in [0.25, 0.3) is 0 Å². The molecule has 2 N–H and O–H groups in total. The van der Waals surface area contributed by atoms with Gasteiger partial charge < -0.3 is 15.3 Å². The highest BCUT2D eigenvalue weighted by molar-refractivity contribution is 6.33. The Morgan fingerprint density at radius 3 is 2.53 bits per heavy atom. The maximum Gasteiger partial charge on any atom is 0.0765 e. The van der Waals surface area contributed by atoms with Crippen molar-refractivity contribution in [3.63, 3.8) is 0 Å². The van der Waals surface area contributed by atoms with Crippen LogP contribution in [0.4, 0.5) is 5.69 Å². The van der Waals surface area contributed by atoms with Crippen LogP contribution < -0.4 is 10.2 Å². The zero-order valence-electron chi connectivity index (χ0n) is 12.3. The van der Waals surface area contributed by atoms with Crippen LogP contribution in [-0.4, -0.2) is 30.3 Å². The minimum atomic E-state index is -0.745. The summed E-state index contributed by atoms with van der Waals surface area (Å²) in [7, 11) is 0. The molecule has 4 heteroatoms. The van der Waals surface area contributed by atoms with Gasteiger partial charge >= 0.3 is 0 Å². The summed E-state index contributed by atoms with van der Waals surface area (Å²) in [6, 6.07) is 5.95. The zero-order chi connectivity index (χ0) is 14.5. The van der Waals surface area contributed by atoms with Gasteiger partial charge in [0.1, 0.15) is 0 Å². The van der Waals surface area contributed by atoms with Gasteiger partial charge in [-0.1, -0.05) is 30.7 Å². The van der Waals surface area contributed by atoms with Crippen LogP contribution in [0.5, 0.6) is 0 Å². The monoisotopic (exact) mass is 284 g/mol. The predicted octanol–water partition coefficient (Wildman–Crippen LogP) is 3.05. The lowest BCUT2D eigenvalue weighted by Gasteiger charge is -2.32. The molecule has 1 rings (SSSR count). The third-order valence-corrected chi connectivity index (χ3v) is 3.22. The quantitative estimate of drug-likeness (QED) is 0.808. The maximum atomic E-state index is 10.0. The van der Waals surface area contributed by atoms with E-state index in [1.807, 2.05) is 26.0 Å². The lowest BCUT2D eigenvalue weighted by atomic mass is 10.1. The Hall–Kier alpha value is -0.770. The van der Waals surface area contributed by atoms with Crippen molar-refractivity contribution >= 4 is 17.3 Å². The second-order valence-corrected chi connectivity index (χ2v) is 5.76. The van der Waals surface area contributed by atoms with Crippen molar-refractivity contribution in [3.05, 3.63) is 28.8 Å². The van der Waals surface area contributed by atoms with Crippen LogP contribution in [0.3, 0.4) is 0 Å². The summed E-state index contributed by atoms with van der Waals surface area (Å²) in [4.78, 5) is 2.13. The number of likely N-dealkylation sites (N-methyl/N-ethyl adjacent to an activating group) is 1. The van der Waals surface area contributed by atoms with E-state index in [2.05, 4.69) is 30.1 Å². The van der Waals surface area contributed by atoms with Gasteiger partial charge in [-0.3, -0.25) is 0 Å². The van der Waals surface area contributed by atoms with E-state index >= 15 is 0 Å². The molecular weight excluding hydrogens is 260 g/mol. The molecule has 3 nitrogen and oxygen atoms in total. The Bertz CT molecular complexity index is 402. The highest BCUT2D eigenvalue weighted by Gasteiger charge is 2.21. The number of halogens is 1. The van der Waals surface area contributed by atoms with E-state index in [1.165, 1.54) is 5.56 Å². The number of anilines is 1. The predicted molar refractivity (Wildman–Crippen MR) is 83.0 cm³/mol. The molecule has 108 valence electrons. The molecule has 0 radical (unpaired) electrons. The highest BCUT2D eigenvalue weighted by Crippen LogP contribution is 2.31. The Kier molecular flexibility index (Phi) is 6.11. The number of nitrogens with one attached hydrogen (secondary N) is 1. The van der Waals surface area contributed by atoms with Gasteiger partial charge in [0.25, 0.3) is 0 Å². The molecule has 0 unspecified atom stereocenters. The summed E-state index contributed by atoms with van der Waals surface area (Å²) in [5.41, 5.74) is 1.44. The first-order valence-corrected chi connectivity index (χ1v) is 7.22. The standard InChI is InChI=1S/C15H25ClN2O/c1-5-17-10-12-8-7-9-13(16)14(12)18(6-2)11-15(3,4)19/h7-9,17,19H,5-6,10-11H2,1-4H3. The first kappa shape index (κ1) is 16.3. The van der Waals surface area contributed by atoms with Crippen molar-refractivity contribution in [2.45, 2.75) is 39.8 Å². The van der Waals surface area contributed by atoms with Crippen LogP contribution in [0, 0.1) is 0 Å². The molecule has 1 aromatic carbocycles. The van der Waals surface area contributed by atoms with Crippen LogP contribution in [0.2, 0.25) is 5.02 Å². The van der Waals surface area contributed by atoms with Crippen molar-refractivity contribution in [2.24, 2.45) is 0 Å². The minimum absolute atomic E-state index is 0.562. The molecule has 0 bridgehead atoms. The van der Waals surface area contributed by atoms with E-state index in [4.69, 9.17) is 11.6 Å². The number of hydrogen-bond acceptors (Lipinski definition) is 3. The van der Waals surface area contributed by atoms with Crippen molar-refractivity contribution in [1.82, 2.24) is 5.32 Å². The van der Waals surface area contributed by atoms with Crippen molar-refractivity contribution in [2.75, 3.05) is 24.5 Å². The molecule has 0 saturated heterocycles. The minimum Gasteiger partial charge on any atom is -0.389 e. The number of nitrogens with zero attached hydrogens (tertiary/aromatic N) is 1. The molecule has 0 atom stereocenters. The van der Waals surface area contributed by atoms with Crippen molar-refractivity contribution < 1.29 is 5.11 Å². The summed E-state index contributed by atoms with van der Waals surface area (Å²) in [6.45, 7) is 10.9. The lowest BCUT2D eigenvalue weighted by molar-refractivity contribution is 0.0875. The summed E-state index contributed by atoms with van der Waals surface area (Å²) in [5.74, 6) is 0. The molecule has 0 saturated carbocycles. The number of benzene rings is 1. The van der Waals surface area contributed by atoms with Gasteiger partial charge in [0.15, 0.2) is 0 Å². The Morgan fingerprint density at radius 2 is 2.00 bits per heavy atom. The number of aliphatic hydroxyl groups is 1. The van der Waals surface area contributed by atoms with Gasteiger partial charge in [-0.25, -0.2) is 0 Å². The molecule has 0 aliphatic carbocycles. The van der Waals surface area contributed by atoms with Crippen molar-refractivity contribution in [1.29, 1.82) is 0 Å². The third kappa shape index (κ3) is 5.01. The van der Waals surface area contributed by atoms with E-state index in [1.54, 1.807) is 0 Å². The molecule has 0 spiro atoms. The zero-order valence-corrected chi connectivity index (χ0v) is 13.1. The van der Waals surface area contributed by atoms with E-state index in [0.717, 1.165) is 30.3 Å². The average molecular weight is 285 g/mol. The molecular formula is C15H25ClN2O. The summed E-state index contributed by atoms with van der Waals surface area (Å²) < 4.78 is 0. The topological polar surface area (TPSA) is 35.5 Å². The van der Waals surface area contributed by atoms with Gasteiger partial charge in [0.2, 0.25) is 0 Å². The van der Waals surface area contributed by atoms with Crippen LogP contribution in [-0.2, 0) is 6.54 Å². The largest absolute Gasteiger partial charge is 0.389 e. The number of hydrogen-bond donors (Lipinski definition) is 2. The van der Waals surface area contributed by atoms with E-state index in [-0.39, 0.29) is 0 Å². The molecule has 1 aromatic rings. The van der Waals surface area contributed by atoms with E-state index < -0.39 is 5.60 Å². The molecule has 0 aliphatic heterocycles. The van der Waals surface area contributed by atoms with E-state index in [9.17, 15) is 5.11 Å². The van der Waals surface area contributed by atoms with Gasteiger partial charge in [0.05, 0.1) is 16.3 Å². The van der Waals surface area contributed by atoms with Gasteiger partial charge in [-0.2, -0.15) is 0 Å². The van der Waals surface area contributed by atoms with Gasteiger partial charge in [-0.05, 0) is 38.9 Å². The first-order valence-electron chi connectivity index (χ1n) is 6.84. The fourth-order valence-electron chi connectivity index (χ4n) is 2.13. The highest BCUT2D eigenvalue weighted by atomic mass is 35.5. The molecule has 0 amide bonds. The molecule has 0 heterocycles. The van der Waals surface area contributed by atoms with Crippen LogP contribution >= 0.6 is 11.6 Å². The smallest absolute Gasteiger partial charge is 0.0765 e. The Balaban J connectivity index is 3.06. The normalized spacial score (nSPS) is 11.7. The summed E-state index contributed by atoms with van der Waals surface area (Å²) in [5, 5.41) is 14.1. The van der Waals surface area contributed by atoms with E-state index in [0.29, 0.717) is 6.54 Å². The summed E-state index contributed by atoms with van der Waals surface area (Å²) in [6.07, 6.45) is 0. The second kappa shape index (κ2) is 7.13. The summed E-state index contributed by atoms with van der Waals surface area (Å²) >= 11 is 6.36. The number of rotatable bonds is 7. The van der Waals surface area contributed by atoms with Crippen LogP contribution in [0.1, 0.15) is 33.3 Å².